The number of nitrogens with two attached hydrogens (primary N) is 1. The molecule has 0 bridgehead atoms. The van der Waals surface area contributed by atoms with Crippen LogP contribution in [0, 0.1) is 13.8 Å². The monoisotopic (exact) mass is 306 g/mol. The van der Waals surface area contributed by atoms with Crippen LogP contribution in [0.3, 0.4) is 0 Å². The largest absolute Gasteiger partial charge is 0.457 e. The average Bonchev–Trinajstić information content (AvgIpc) is 2.33. The lowest BCUT2D eigenvalue weighted by atomic mass is 10.2. The standard InChI is InChI=1S/C14H15BrN2O/c1-9-5-12(15)3-4-13(9)18-14-6-10(2)17-8-11(14)7-16/h3-6,8H,7,16H2,1-2H3. The smallest absolute Gasteiger partial charge is 0.135 e. The molecule has 0 saturated carbocycles. The Bertz CT molecular complexity index is 570. The lowest BCUT2D eigenvalue weighted by Gasteiger charge is -2.12. The molecule has 0 aliphatic heterocycles. The molecule has 0 fully saturated rings. The van der Waals surface area contributed by atoms with Crippen molar-refractivity contribution in [2.75, 3.05) is 0 Å². The van der Waals surface area contributed by atoms with E-state index in [0.29, 0.717) is 6.54 Å². The van der Waals surface area contributed by atoms with Crippen molar-refractivity contribution >= 4 is 15.9 Å². The van der Waals surface area contributed by atoms with Gasteiger partial charge >= 0.3 is 0 Å². The van der Waals surface area contributed by atoms with Gasteiger partial charge in [-0.1, -0.05) is 15.9 Å². The molecule has 0 saturated heterocycles. The molecular formula is C14H15BrN2O. The van der Waals surface area contributed by atoms with E-state index in [9.17, 15) is 0 Å². The Morgan fingerprint density at radius 2 is 2.00 bits per heavy atom. The van der Waals surface area contributed by atoms with Crippen LogP contribution in [0.25, 0.3) is 0 Å². The number of hydrogen-bond donors (Lipinski definition) is 1. The highest BCUT2D eigenvalue weighted by molar-refractivity contribution is 9.10. The minimum Gasteiger partial charge on any atom is -0.457 e. The molecule has 0 radical (unpaired) electrons. The first-order valence-corrected chi connectivity index (χ1v) is 6.49. The van der Waals surface area contributed by atoms with Gasteiger partial charge in [0.1, 0.15) is 11.5 Å². The van der Waals surface area contributed by atoms with Crippen LogP contribution in [0.2, 0.25) is 0 Å². The van der Waals surface area contributed by atoms with Crippen molar-refractivity contribution in [2.45, 2.75) is 20.4 Å². The first-order valence-electron chi connectivity index (χ1n) is 5.69. The summed E-state index contributed by atoms with van der Waals surface area (Å²) in [6, 6.07) is 7.82. The number of benzene rings is 1. The van der Waals surface area contributed by atoms with E-state index in [1.54, 1.807) is 6.20 Å². The third-order valence-corrected chi connectivity index (χ3v) is 3.15. The third kappa shape index (κ3) is 2.89. The van der Waals surface area contributed by atoms with Crippen LogP contribution in [-0.2, 0) is 6.54 Å². The number of halogens is 1. The second-order valence-corrected chi connectivity index (χ2v) is 5.07. The molecule has 1 aromatic heterocycles. The van der Waals surface area contributed by atoms with Crippen LogP contribution in [0.1, 0.15) is 16.8 Å². The van der Waals surface area contributed by atoms with Gasteiger partial charge in [-0.05, 0) is 37.6 Å². The van der Waals surface area contributed by atoms with Crippen LogP contribution in [-0.4, -0.2) is 4.98 Å². The van der Waals surface area contributed by atoms with Crippen molar-refractivity contribution in [3.05, 3.63) is 51.8 Å². The summed E-state index contributed by atoms with van der Waals surface area (Å²) in [7, 11) is 0. The first-order chi connectivity index (χ1) is 8.60. The van der Waals surface area contributed by atoms with Crippen molar-refractivity contribution in [3.8, 4) is 11.5 Å². The minimum atomic E-state index is 0.415. The van der Waals surface area contributed by atoms with Crippen molar-refractivity contribution in [1.29, 1.82) is 0 Å². The third-order valence-electron chi connectivity index (χ3n) is 2.66. The Balaban J connectivity index is 2.36. The zero-order valence-electron chi connectivity index (χ0n) is 10.4. The maximum atomic E-state index is 5.93. The van der Waals surface area contributed by atoms with Crippen LogP contribution in [0.5, 0.6) is 11.5 Å². The molecule has 2 rings (SSSR count). The number of nitrogens with zero attached hydrogens (tertiary/aromatic N) is 1. The molecule has 0 atom stereocenters. The Labute approximate surface area is 115 Å². The van der Waals surface area contributed by atoms with Gasteiger partial charge in [-0.25, -0.2) is 0 Å². The van der Waals surface area contributed by atoms with E-state index in [-0.39, 0.29) is 0 Å². The number of rotatable bonds is 3. The predicted molar refractivity (Wildman–Crippen MR) is 75.8 cm³/mol. The average molecular weight is 307 g/mol. The van der Waals surface area contributed by atoms with Gasteiger partial charge in [-0.2, -0.15) is 0 Å². The first kappa shape index (κ1) is 13.1. The number of pyridine rings is 1. The van der Waals surface area contributed by atoms with Gasteiger partial charge in [0, 0.05) is 34.5 Å². The van der Waals surface area contributed by atoms with Crippen LogP contribution in [0.4, 0.5) is 0 Å². The van der Waals surface area contributed by atoms with Gasteiger partial charge in [0.15, 0.2) is 0 Å². The molecule has 94 valence electrons. The van der Waals surface area contributed by atoms with Crippen molar-refractivity contribution in [3.63, 3.8) is 0 Å². The SMILES string of the molecule is Cc1cc(Oc2ccc(Br)cc2C)c(CN)cn1. The van der Waals surface area contributed by atoms with Crippen LogP contribution in [0.15, 0.2) is 34.9 Å². The summed E-state index contributed by atoms with van der Waals surface area (Å²) in [6.45, 7) is 4.36. The summed E-state index contributed by atoms with van der Waals surface area (Å²) >= 11 is 3.44. The van der Waals surface area contributed by atoms with E-state index in [1.165, 1.54) is 0 Å². The molecule has 0 unspecified atom stereocenters. The normalized spacial score (nSPS) is 10.4. The van der Waals surface area contributed by atoms with E-state index < -0.39 is 0 Å². The fourth-order valence-electron chi connectivity index (χ4n) is 1.66. The maximum Gasteiger partial charge on any atom is 0.135 e. The molecular weight excluding hydrogens is 292 g/mol. The Morgan fingerprint density at radius 3 is 2.67 bits per heavy atom. The molecule has 0 aliphatic rings. The maximum absolute atomic E-state index is 5.93. The molecule has 0 aliphatic carbocycles. The zero-order chi connectivity index (χ0) is 13.1. The van der Waals surface area contributed by atoms with Gasteiger partial charge in [-0.3, -0.25) is 4.98 Å². The van der Waals surface area contributed by atoms with E-state index in [1.807, 2.05) is 38.1 Å². The molecule has 0 spiro atoms. The highest BCUT2D eigenvalue weighted by Gasteiger charge is 2.07. The number of ether oxygens (including phenoxy) is 1. The van der Waals surface area contributed by atoms with Crippen molar-refractivity contribution in [1.82, 2.24) is 4.98 Å². The fraction of sp³-hybridized carbons (Fsp3) is 0.214. The molecule has 2 N–H and O–H groups in total. The highest BCUT2D eigenvalue weighted by atomic mass is 79.9. The Morgan fingerprint density at radius 1 is 1.22 bits per heavy atom. The predicted octanol–water partition coefficient (Wildman–Crippen LogP) is 3.71. The Kier molecular flexibility index (Phi) is 3.99. The van der Waals surface area contributed by atoms with E-state index >= 15 is 0 Å². The molecule has 1 aromatic carbocycles. The quantitative estimate of drug-likeness (QED) is 0.940. The van der Waals surface area contributed by atoms with Gasteiger partial charge in [0.2, 0.25) is 0 Å². The second kappa shape index (κ2) is 5.50. The van der Waals surface area contributed by atoms with Gasteiger partial charge in [0.05, 0.1) is 0 Å². The Hall–Kier alpha value is -1.39. The summed E-state index contributed by atoms with van der Waals surface area (Å²) in [5.41, 5.74) is 8.58. The van der Waals surface area contributed by atoms with Crippen molar-refractivity contribution in [2.24, 2.45) is 5.73 Å². The highest BCUT2D eigenvalue weighted by Crippen LogP contribution is 2.29. The molecule has 0 amide bonds. The van der Waals surface area contributed by atoms with Gasteiger partial charge < -0.3 is 10.5 Å². The second-order valence-electron chi connectivity index (χ2n) is 4.15. The fourth-order valence-corrected chi connectivity index (χ4v) is 2.13. The van der Waals surface area contributed by atoms with E-state index in [4.69, 9.17) is 10.5 Å². The summed E-state index contributed by atoms with van der Waals surface area (Å²) in [5, 5.41) is 0. The molecule has 4 heteroatoms. The van der Waals surface area contributed by atoms with Crippen LogP contribution < -0.4 is 10.5 Å². The van der Waals surface area contributed by atoms with E-state index in [0.717, 1.165) is 32.8 Å². The minimum absolute atomic E-state index is 0.415. The van der Waals surface area contributed by atoms with E-state index in [2.05, 4.69) is 20.9 Å². The summed E-state index contributed by atoms with van der Waals surface area (Å²) in [5.74, 6) is 1.61. The van der Waals surface area contributed by atoms with Gasteiger partial charge in [0.25, 0.3) is 0 Å². The lowest BCUT2D eigenvalue weighted by molar-refractivity contribution is 0.471. The molecule has 3 nitrogen and oxygen atoms in total. The number of aromatic nitrogens is 1. The van der Waals surface area contributed by atoms with Gasteiger partial charge in [-0.15, -0.1) is 0 Å². The lowest BCUT2D eigenvalue weighted by Crippen LogP contribution is -2.01. The number of hydrogen-bond acceptors (Lipinski definition) is 3. The zero-order valence-corrected chi connectivity index (χ0v) is 12.0. The summed E-state index contributed by atoms with van der Waals surface area (Å²) in [6.07, 6.45) is 1.76. The number of aryl methyl sites for hydroxylation is 2. The summed E-state index contributed by atoms with van der Waals surface area (Å²) in [4.78, 5) is 4.22. The molecule has 1 heterocycles. The van der Waals surface area contributed by atoms with Crippen molar-refractivity contribution < 1.29 is 4.74 Å². The molecule has 18 heavy (non-hydrogen) atoms. The topological polar surface area (TPSA) is 48.1 Å². The van der Waals surface area contributed by atoms with Crippen LogP contribution >= 0.6 is 15.9 Å². The molecule has 2 aromatic rings. The summed E-state index contributed by atoms with van der Waals surface area (Å²) < 4.78 is 6.97.